The van der Waals surface area contributed by atoms with Crippen LogP contribution in [0.3, 0.4) is 0 Å². The lowest BCUT2D eigenvalue weighted by atomic mass is 9.82. The third-order valence-electron chi connectivity index (χ3n) is 13.5. The van der Waals surface area contributed by atoms with Gasteiger partial charge in [0, 0.05) is 47.8 Å². The highest BCUT2D eigenvalue weighted by molar-refractivity contribution is 7.26. The molecule has 0 aliphatic heterocycles. The maximum Gasteiger partial charge on any atom is 0.145 e. The number of thiophene rings is 1. The second kappa shape index (κ2) is 13.3. The van der Waals surface area contributed by atoms with Crippen LogP contribution in [0.5, 0.6) is 0 Å². The molecule has 0 bridgehead atoms. The Hall–Kier alpha value is -7.46. The van der Waals surface area contributed by atoms with E-state index in [1.54, 1.807) is 0 Å². The number of fused-ring (bicyclic) bond motifs is 12. The van der Waals surface area contributed by atoms with E-state index in [-0.39, 0.29) is 5.41 Å². The van der Waals surface area contributed by atoms with Crippen molar-refractivity contribution in [3.05, 3.63) is 211 Å². The molecule has 10 aromatic carbocycles. The summed E-state index contributed by atoms with van der Waals surface area (Å²) in [6.07, 6.45) is 0. The Bertz CT molecular complexity index is 3790. The fraction of sp³-hybridized carbons (Fsp3) is 0.0508. The summed E-state index contributed by atoms with van der Waals surface area (Å²) in [5.74, 6) is 0. The number of nitrogens with zero attached hydrogens (tertiary/aromatic N) is 1. The SMILES string of the molecule is CC1(C)c2ccccc2-c2c(N(c3ccc(-c4cccc5c4sc4ccccc45)cc3)c3ccc(-c4cc5ccccc5c5ccccc45)c4oc5ccccc5c34)cccc21. The van der Waals surface area contributed by atoms with E-state index in [2.05, 4.69) is 219 Å². The molecular formula is C59H39NOS. The number of para-hydroxylation sites is 1. The molecule has 13 rings (SSSR count). The van der Waals surface area contributed by atoms with Crippen LogP contribution in [0.1, 0.15) is 25.0 Å². The third kappa shape index (κ3) is 5.03. The van der Waals surface area contributed by atoms with Gasteiger partial charge in [-0.3, -0.25) is 0 Å². The van der Waals surface area contributed by atoms with Crippen LogP contribution in [0, 0.1) is 0 Å². The zero-order chi connectivity index (χ0) is 41.1. The molecule has 12 aromatic rings. The van der Waals surface area contributed by atoms with E-state index in [4.69, 9.17) is 4.42 Å². The molecule has 0 amide bonds. The van der Waals surface area contributed by atoms with Crippen molar-refractivity contribution >= 4 is 92.1 Å². The summed E-state index contributed by atoms with van der Waals surface area (Å²) in [4.78, 5) is 2.49. The number of benzene rings is 10. The second-order valence-electron chi connectivity index (χ2n) is 17.2. The number of rotatable bonds is 5. The van der Waals surface area contributed by atoms with Crippen LogP contribution in [0.2, 0.25) is 0 Å². The van der Waals surface area contributed by atoms with Gasteiger partial charge >= 0.3 is 0 Å². The summed E-state index contributed by atoms with van der Waals surface area (Å²) >= 11 is 1.88. The molecule has 2 nitrogen and oxygen atoms in total. The maximum absolute atomic E-state index is 7.06. The minimum absolute atomic E-state index is 0.154. The normalized spacial score (nSPS) is 13.1. The smallest absolute Gasteiger partial charge is 0.145 e. The van der Waals surface area contributed by atoms with Crippen LogP contribution in [0.4, 0.5) is 17.1 Å². The Morgan fingerprint density at radius 1 is 0.452 bits per heavy atom. The fourth-order valence-corrected chi connectivity index (χ4v) is 11.8. The summed E-state index contributed by atoms with van der Waals surface area (Å²) in [7, 11) is 0. The Morgan fingerprint density at radius 3 is 1.98 bits per heavy atom. The molecule has 0 radical (unpaired) electrons. The van der Waals surface area contributed by atoms with E-state index < -0.39 is 0 Å². The first kappa shape index (κ1) is 35.3. The molecule has 0 N–H and O–H groups in total. The molecule has 1 aliphatic rings. The van der Waals surface area contributed by atoms with Gasteiger partial charge in [-0.05, 0) is 103 Å². The number of hydrogen-bond donors (Lipinski definition) is 0. The summed E-state index contributed by atoms with van der Waals surface area (Å²) in [5, 5.41) is 9.73. The number of furan rings is 1. The van der Waals surface area contributed by atoms with Gasteiger partial charge in [-0.15, -0.1) is 11.3 Å². The van der Waals surface area contributed by atoms with Crippen molar-refractivity contribution in [1.29, 1.82) is 0 Å². The molecular weight excluding hydrogens is 771 g/mol. The van der Waals surface area contributed by atoms with Gasteiger partial charge in [0.05, 0.1) is 16.8 Å². The van der Waals surface area contributed by atoms with Crippen LogP contribution in [0.25, 0.3) is 97.0 Å². The monoisotopic (exact) mass is 809 g/mol. The quantitative estimate of drug-likeness (QED) is 0.161. The Morgan fingerprint density at radius 2 is 1.11 bits per heavy atom. The predicted octanol–water partition coefficient (Wildman–Crippen LogP) is 17.4. The third-order valence-corrected chi connectivity index (χ3v) is 14.7. The molecule has 1 aliphatic carbocycles. The van der Waals surface area contributed by atoms with E-state index in [0.717, 1.165) is 50.1 Å². The van der Waals surface area contributed by atoms with Gasteiger partial charge in [0.1, 0.15) is 11.2 Å². The Kier molecular flexibility index (Phi) is 7.56. The van der Waals surface area contributed by atoms with Crippen molar-refractivity contribution in [2.45, 2.75) is 19.3 Å². The lowest BCUT2D eigenvalue weighted by Gasteiger charge is -2.30. The highest BCUT2D eigenvalue weighted by atomic mass is 32.1. The zero-order valence-corrected chi connectivity index (χ0v) is 35.1. The van der Waals surface area contributed by atoms with Gasteiger partial charge in [0.15, 0.2) is 0 Å². The zero-order valence-electron chi connectivity index (χ0n) is 34.3. The minimum atomic E-state index is -0.154. The van der Waals surface area contributed by atoms with Crippen molar-refractivity contribution in [1.82, 2.24) is 0 Å². The first-order chi connectivity index (χ1) is 30.5. The average Bonchev–Trinajstić information content (AvgIpc) is 3.98. The summed E-state index contributed by atoms with van der Waals surface area (Å²) in [6, 6.07) is 73.5. The Balaban J connectivity index is 1.08. The average molecular weight is 810 g/mol. The van der Waals surface area contributed by atoms with E-state index >= 15 is 0 Å². The predicted molar refractivity (Wildman–Crippen MR) is 265 cm³/mol. The van der Waals surface area contributed by atoms with E-state index in [1.807, 2.05) is 11.3 Å². The first-order valence-corrected chi connectivity index (χ1v) is 22.2. The standard InChI is InChI=1S/C59H39NOS/c1-59(2)49-24-10-7-20-46(49)55-50(59)25-14-26-51(55)60(38-31-29-36(30-32-38)40-22-13-23-45-43-19-9-12-28-54(43)62-58(40)45)52-34-33-44(57-56(52)47-21-8-11-27-53(47)61-57)48-35-37-15-3-4-16-39(37)41-17-5-6-18-42(41)48/h3-35H,1-2H3. The highest BCUT2D eigenvalue weighted by Gasteiger charge is 2.38. The van der Waals surface area contributed by atoms with Crippen molar-refractivity contribution in [3.63, 3.8) is 0 Å². The molecule has 2 aromatic heterocycles. The Labute approximate surface area is 363 Å². The van der Waals surface area contributed by atoms with Crippen molar-refractivity contribution in [2.24, 2.45) is 0 Å². The second-order valence-corrected chi connectivity index (χ2v) is 18.2. The van der Waals surface area contributed by atoms with Crippen LogP contribution >= 0.6 is 11.3 Å². The number of anilines is 3. The summed E-state index contributed by atoms with van der Waals surface area (Å²) in [6.45, 7) is 4.72. The van der Waals surface area contributed by atoms with E-state index in [9.17, 15) is 0 Å². The van der Waals surface area contributed by atoms with Gasteiger partial charge in [-0.1, -0.05) is 166 Å². The van der Waals surface area contributed by atoms with E-state index in [1.165, 1.54) is 75.1 Å². The molecule has 0 spiro atoms. The minimum Gasteiger partial charge on any atom is -0.455 e. The lowest BCUT2D eigenvalue weighted by molar-refractivity contribution is 0.660. The van der Waals surface area contributed by atoms with Crippen LogP contribution in [-0.4, -0.2) is 0 Å². The lowest BCUT2D eigenvalue weighted by Crippen LogP contribution is -2.16. The van der Waals surface area contributed by atoms with Crippen molar-refractivity contribution in [3.8, 4) is 33.4 Å². The van der Waals surface area contributed by atoms with Gasteiger partial charge in [0.25, 0.3) is 0 Å². The molecule has 0 saturated heterocycles. The van der Waals surface area contributed by atoms with Crippen LogP contribution in [-0.2, 0) is 5.41 Å². The van der Waals surface area contributed by atoms with Gasteiger partial charge in [-0.2, -0.15) is 0 Å². The maximum atomic E-state index is 7.06. The van der Waals surface area contributed by atoms with E-state index in [0.29, 0.717) is 0 Å². The highest BCUT2D eigenvalue weighted by Crippen LogP contribution is 2.56. The summed E-state index contributed by atoms with van der Waals surface area (Å²) < 4.78 is 9.70. The molecule has 3 heteroatoms. The molecule has 0 unspecified atom stereocenters. The molecule has 0 saturated carbocycles. The number of hydrogen-bond acceptors (Lipinski definition) is 3. The first-order valence-electron chi connectivity index (χ1n) is 21.4. The molecule has 62 heavy (non-hydrogen) atoms. The van der Waals surface area contributed by atoms with Crippen molar-refractivity contribution < 1.29 is 4.42 Å². The fourth-order valence-electron chi connectivity index (χ4n) is 10.6. The van der Waals surface area contributed by atoms with Gasteiger partial charge in [-0.25, -0.2) is 0 Å². The van der Waals surface area contributed by atoms with Crippen LogP contribution in [0.15, 0.2) is 205 Å². The molecule has 0 fully saturated rings. The van der Waals surface area contributed by atoms with Crippen molar-refractivity contribution in [2.75, 3.05) is 4.90 Å². The molecule has 292 valence electrons. The van der Waals surface area contributed by atoms with Crippen LogP contribution < -0.4 is 4.90 Å². The topological polar surface area (TPSA) is 16.4 Å². The largest absolute Gasteiger partial charge is 0.455 e. The van der Waals surface area contributed by atoms with Gasteiger partial charge in [0.2, 0.25) is 0 Å². The summed E-state index contributed by atoms with van der Waals surface area (Å²) in [5.41, 5.74) is 14.9. The van der Waals surface area contributed by atoms with Gasteiger partial charge < -0.3 is 9.32 Å². The molecule has 2 heterocycles. The molecule has 0 atom stereocenters.